The second-order valence-electron chi connectivity index (χ2n) is 5.04. The van der Waals surface area contributed by atoms with Gasteiger partial charge in [-0.1, -0.05) is 0 Å². The molecule has 2 rings (SSSR count). The molecule has 0 unspecified atom stereocenters. The first kappa shape index (κ1) is 9.84. The zero-order valence-electron chi connectivity index (χ0n) is 9.29. The normalized spacial score (nSPS) is 33.4. The van der Waals surface area contributed by atoms with E-state index in [1.54, 1.807) is 6.26 Å². The highest BCUT2D eigenvalue weighted by Crippen LogP contribution is 2.37. The average molecular weight is 198 g/mol. The lowest BCUT2D eigenvalue weighted by atomic mass is 10.1. The standard InChI is InChI=1S/C11H18O3/c1-10(2)6-5-8(13-10)9-7-12-11(3,4)14-9/h7-8H,5-6H2,1-4H3/t8-/m1/s1. The fourth-order valence-electron chi connectivity index (χ4n) is 1.86. The minimum absolute atomic E-state index is 0.0262. The molecule has 0 aromatic carbocycles. The van der Waals surface area contributed by atoms with Gasteiger partial charge < -0.3 is 14.2 Å². The lowest BCUT2D eigenvalue weighted by Crippen LogP contribution is -2.25. The maximum absolute atomic E-state index is 5.85. The fraction of sp³-hybridized carbons (Fsp3) is 0.818. The molecule has 0 amide bonds. The number of ether oxygens (including phenoxy) is 3. The Labute approximate surface area is 85.0 Å². The Hall–Kier alpha value is -0.700. The summed E-state index contributed by atoms with van der Waals surface area (Å²) >= 11 is 0. The maximum atomic E-state index is 5.85. The summed E-state index contributed by atoms with van der Waals surface area (Å²) in [7, 11) is 0. The third kappa shape index (κ3) is 1.87. The molecule has 2 heterocycles. The van der Waals surface area contributed by atoms with Crippen LogP contribution in [0.4, 0.5) is 0 Å². The van der Waals surface area contributed by atoms with Gasteiger partial charge >= 0.3 is 0 Å². The Morgan fingerprint density at radius 3 is 2.43 bits per heavy atom. The summed E-state index contributed by atoms with van der Waals surface area (Å²) in [5, 5.41) is 0. The highest BCUT2D eigenvalue weighted by atomic mass is 16.7. The van der Waals surface area contributed by atoms with E-state index in [0.29, 0.717) is 0 Å². The van der Waals surface area contributed by atoms with Crippen molar-refractivity contribution in [3.8, 4) is 0 Å². The minimum atomic E-state index is -0.522. The van der Waals surface area contributed by atoms with E-state index in [1.165, 1.54) is 0 Å². The summed E-state index contributed by atoms with van der Waals surface area (Å²) in [4.78, 5) is 0. The zero-order chi connectivity index (χ0) is 10.4. The van der Waals surface area contributed by atoms with E-state index in [2.05, 4.69) is 13.8 Å². The predicted octanol–water partition coefficient (Wildman–Crippen LogP) is 2.57. The fourth-order valence-corrected chi connectivity index (χ4v) is 1.86. The molecule has 0 aromatic rings. The van der Waals surface area contributed by atoms with Crippen LogP contribution in [0.25, 0.3) is 0 Å². The average Bonchev–Trinajstić information content (AvgIpc) is 2.54. The van der Waals surface area contributed by atoms with Gasteiger partial charge in [-0.05, 0) is 26.7 Å². The Morgan fingerprint density at radius 1 is 1.29 bits per heavy atom. The second-order valence-corrected chi connectivity index (χ2v) is 5.04. The summed E-state index contributed by atoms with van der Waals surface area (Å²) in [6.07, 6.45) is 3.84. The van der Waals surface area contributed by atoms with Crippen LogP contribution < -0.4 is 0 Å². The quantitative estimate of drug-likeness (QED) is 0.648. The Bertz CT molecular complexity index is 266. The molecule has 2 aliphatic heterocycles. The molecule has 0 aromatic heterocycles. The molecule has 0 radical (unpaired) electrons. The zero-order valence-corrected chi connectivity index (χ0v) is 9.29. The molecular formula is C11H18O3. The van der Waals surface area contributed by atoms with Gasteiger partial charge in [0.05, 0.1) is 5.60 Å². The molecule has 3 nitrogen and oxygen atoms in total. The molecule has 0 N–H and O–H groups in total. The van der Waals surface area contributed by atoms with Gasteiger partial charge in [-0.25, -0.2) is 0 Å². The first-order valence-electron chi connectivity index (χ1n) is 5.13. The Kier molecular flexibility index (Phi) is 2.03. The Balaban J connectivity index is 1.99. The van der Waals surface area contributed by atoms with Crippen LogP contribution >= 0.6 is 0 Å². The van der Waals surface area contributed by atoms with E-state index in [4.69, 9.17) is 14.2 Å². The van der Waals surface area contributed by atoms with Gasteiger partial charge in [-0.2, -0.15) is 0 Å². The van der Waals surface area contributed by atoms with Crippen LogP contribution in [0.1, 0.15) is 40.5 Å². The predicted molar refractivity (Wildman–Crippen MR) is 52.5 cm³/mol. The van der Waals surface area contributed by atoms with Crippen molar-refractivity contribution in [3.05, 3.63) is 12.0 Å². The van der Waals surface area contributed by atoms with Crippen LogP contribution in [-0.2, 0) is 14.2 Å². The number of hydrogen-bond acceptors (Lipinski definition) is 3. The molecule has 14 heavy (non-hydrogen) atoms. The Morgan fingerprint density at radius 2 is 2.00 bits per heavy atom. The SMILES string of the molecule is CC1(C)CC[C@H](C2=COC(C)(C)O2)O1. The van der Waals surface area contributed by atoms with E-state index in [0.717, 1.165) is 18.6 Å². The van der Waals surface area contributed by atoms with E-state index < -0.39 is 5.79 Å². The van der Waals surface area contributed by atoms with Crippen LogP contribution in [0, 0.1) is 0 Å². The molecule has 2 aliphatic rings. The topological polar surface area (TPSA) is 27.7 Å². The van der Waals surface area contributed by atoms with Crippen molar-refractivity contribution in [1.82, 2.24) is 0 Å². The van der Waals surface area contributed by atoms with Crippen molar-refractivity contribution in [2.75, 3.05) is 0 Å². The summed E-state index contributed by atoms with van der Waals surface area (Å²) in [6, 6.07) is 0. The van der Waals surface area contributed by atoms with E-state index in [-0.39, 0.29) is 11.7 Å². The molecule has 0 aliphatic carbocycles. The van der Waals surface area contributed by atoms with Crippen molar-refractivity contribution in [2.45, 2.75) is 58.0 Å². The molecule has 0 bridgehead atoms. The summed E-state index contributed by atoms with van der Waals surface area (Å²) in [6.45, 7) is 8.01. The molecular weight excluding hydrogens is 180 g/mol. The van der Waals surface area contributed by atoms with Crippen LogP contribution in [0.15, 0.2) is 12.0 Å². The second kappa shape index (κ2) is 2.89. The smallest absolute Gasteiger partial charge is 0.244 e. The third-order valence-electron chi connectivity index (χ3n) is 2.61. The van der Waals surface area contributed by atoms with Crippen LogP contribution in [0.2, 0.25) is 0 Å². The third-order valence-corrected chi connectivity index (χ3v) is 2.61. The van der Waals surface area contributed by atoms with Gasteiger partial charge in [0.25, 0.3) is 0 Å². The van der Waals surface area contributed by atoms with E-state index in [9.17, 15) is 0 Å². The summed E-state index contributed by atoms with van der Waals surface area (Å²) in [5.74, 6) is 0.311. The van der Waals surface area contributed by atoms with Gasteiger partial charge in [-0.3, -0.25) is 0 Å². The van der Waals surface area contributed by atoms with Crippen LogP contribution in [0.3, 0.4) is 0 Å². The minimum Gasteiger partial charge on any atom is -0.457 e. The van der Waals surface area contributed by atoms with Gasteiger partial charge in [0.1, 0.15) is 12.4 Å². The number of rotatable bonds is 1. The van der Waals surface area contributed by atoms with Crippen molar-refractivity contribution in [1.29, 1.82) is 0 Å². The number of hydrogen-bond donors (Lipinski definition) is 0. The maximum Gasteiger partial charge on any atom is 0.244 e. The van der Waals surface area contributed by atoms with Gasteiger partial charge in [0.15, 0.2) is 5.76 Å². The van der Waals surface area contributed by atoms with Gasteiger partial charge in [-0.15, -0.1) is 0 Å². The first-order chi connectivity index (χ1) is 6.38. The van der Waals surface area contributed by atoms with Gasteiger partial charge in [0, 0.05) is 13.8 Å². The summed E-state index contributed by atoms with van der Waals surface area (Å²) < 4.78 is 16.9. The molecule has 3 heteroatoms. The van der Waals surface area contributed by atoms with Crippen molar-refractivity contribution in [2.24, 2.45) is 0 Å². The van der Waals surface area contributed by atoms with Crippen LogP contribution in [-0.4, -0.2) is 17.5 Å². The molecule has 1 saturated heterocycles. The molecule has 80 valence electrons. The molecule has 1 atom stereocenters. The first-order valence-corrected chi connectivity index (χ1v) is 5.13. The molecule has 1 fully saturated rings. The lowest BCUT2D eigenvalue weighted by Gasteiger charge is -2.22. The molecule has 0 spiro atoms. The lowest BCUT2D eigenvalue weighted by molar-refractivity contribution is -0.130. The van der Waals surface area contributed by atoms with E-state index in [1.807, 2.05) is 13.8 Å². The van der Waals surface area contributed by atoms with Crippen molar-refractivity contribution in [3.63, 3.8) is 0 Å². The van der Waals surface area contributed by atoms with Crippen molar-refractivity contribution < 1.29 is 14.2 Å². The van der Waals surface area contributed by atoms with Crippen LogP contribution in [0.5, 0.6) is 0 Å². The van der Waals surface area contributed by atoms with E-state index >= 15 is 0 Å². The highest BCUT2D eigenvalue weighted by molar-refractivity contribution is 5.05. The largest absolute Gasteiger partial charge is 0.457 e. The molecule has 0 saturated carbocycles. The monoisotopic (exact) mass is 198 g/mol. The summed E-state index contributed by atoms with van der Waals surface area (Å²) in [5.41, 5.74) is -0.0262. The van der Waals surface area contributed by atoms with Gasteiger partial charge in [0.2, 0.25) is 5.79 Å². The van der Waals surface area contributed by atoms with Crippen molar-refractivity contribution >= 4 is 0 Å². The highest BCUT2D eigenvalue weighted by Gasteiger charge is 2.39.